The van der Waals surface area contributed by atoms with E-state index < -0.39 is 22.0 Å². The van der Waals surface area contributed by atoms with Gasteiger partial charge in [-0.15, -0.1) is 0 Å². The smallest absolute Gasteiger partial charge is 0.306 e. The van der Waals surface area contributed by atoms with Gasteiger partial charge < -0.3 is 4.74 Å². The molecule has 0 fully saturated rings. The first kappa shape index (κ1) is 19.0. The largest absolute Gasteiger partial charge is 0.447 e. The fraction of sp³-hybridized carbons (Fsp3) is 0.889. The first-order chi connectivity index (χ1) is 6.95. The average molecular weight is 278 g/mol. The fourth-order valence-corrected chi connectivity index (χ4v) is 1.37. The average Bonchev–Trinajstić information content (AvgIpc) is 2.13. The van der Waals surface area contributed by atoms with Gasteiger partial charge in [0, 0.05) is 44.2 Å². The Kier molecular flexibility index (Phi) is 12.8. The van der Waals surface area contributed by atoms with E-state index in [1.807, 2.05) is 0 Å². The van der Waals surface area contributed by atoms with Gasteiger partial charge in [-0.1, -0.05) is 32.6 Å². The number of hydrogen-bond donors (Lipinski definition) is 1. The quantitative estimate of drug-likeness (QED) is 0.314. The number of carbonyl (C=O) groups is 1. The van der Waals surface area contributed by atoms with E-state index in [0.717, 1.165) is 25.7 Å². The zero-order valence-corrected chi connectivity index (χ0v) is 12.7. The maximum Gasteiger partial charge on any atom is 0.306 e. The van der Waals surface area contributed by atoms with Gasteiger partial charge in [-0.05, 0) is 6.42 Å². The molecule has 0 aromatic heterocycles. The summed E-state index contributed by atoms with van der Waals surface area (Å²) in [6.45, 7) is 2.10. The zero-order valence-electron chi connectivity index (χ0n) is 9.65. The van der Waals surface area contributed by atoms with E-state index in [0.29, 0.717) is 6.42 Å². The number of hydrogen-bond acceptors (Lipinski definition) is 4. The van der Waals surface area contributed by atoms with E-state index in [4.69, 9.17) is 4.55 Å². The van der Waals surface area contributed by atoms with Crippen molar-refractivity contribution >= 4 is 53.8 Å². The number of unbranched alkanes of at least 4 members (excludes halogenated alkanes) is 4. The van der Waals surface area contributed by atoms with Crippen LogP contribution in [0.2, 0.25) is 0 Å². The van der Waals surface area contributed by atoms with Crippen LogP contribution in [0.5, 0.6) is 0 Å². The summed E-state index contributed by atoms with van der Waals surface area (Å²) in [5.74, 6) is -1.52. The molecule has 0 amide bonds. The Morgan fingerprint density at radius 3 is 2.25 bits per heavy atom. The van der Waals surface area contributed by atoms with Crippen LogP contribution in [0.15, 0.2) is 0 Å². The van der Waals surface area contributed by atoms with Gasteiger partial charge in [0.1, 0.15) is 0 Å². The Balaban J connectivity index is 0. The first-order valence-corrected chi connectivity index (χ1v) is 6.67. The van der Waals surface area contributed by atoms with Crippen LogP contribution < -0.4 is 0 Å². The van der Waals surface area contributed by atoms with E-state index in [2.05, 4.69) is 11.7 Å². The molecule has 92 valence electrons. The summed E-state index contributed by atoms with van der Waals surface area (Å²) in [4.78, 5) is 10.9. The van der Waals surface area contributed by atoms with Crippen molar-refractivity contribution in [2.75, 3.05) is 5.94 Å². The van der Waals surface area contributed by atoms with Crippen LogP contribution in [0, 0.1) is 0 Å². The molecule has 0 aliphatic heterocycles. The second-order valence-electron chi connectivity index (χ2n) is 3.38. The monoisotopic (exact) mass is 278 g/mol. The molecule has 0 aromatic carbocycles. The van der Waals surface area contributed by atoms with E-state index in [9.17, 15) is 13.2 Å². The summed E-state index contributed by atoms with van der Waals surface area (Å²) < 4.78 is 33.1. The van der Waals surface area contributed by atoms with Crippen molar-refractivity contribution < 1.29 is 22.5 Å². The standard InChI is InChI=1S/C9H18O5S.Ca/c1-2-3-4-5-6-7-9(10)14-8-15(11,12)13;/h2-8H2,1H3,(H,11,12,13);. The molecule has 0 aliphatic carbocycles. The number of rotatable bonds is 8. The van der Waals surface area contributed by atoms with Crippen LogP contribution in [0.3, 0.4) is 0 Å². The molecule has 1 N–H and O–H groups in total. The van der Waals surface area contributed by atoms with Gasteiger partial charge in [-0.2, -0.15) is 8.42 Å². The third-order valence-electron chi connectivity index (χ3n) is 1.85. The summed E-state index contributed by atoms with van der Waals surface area (Å²) in [5.41, 5.74) is 0. The maximum atomic E-state index is 10.9. The molecule has 0 saturated heterocycles. The Morgan fingerprint density at radius 1 is 1.19 bits per heavy atom. The van der Waals surface area contributed by atoms with Crippen LogP contribution in [-0.4, -0.2) is 62.6 Å². The third-order valence-corrected chi connectivity index (χ3v) is 2.27. The molecule has 0 rings (SSSR count). The van der Waals surface area contributed by atoms with Gasteiger partial charge >= 0.3 is 16.1 Å². The van der Waals surface area contributed by atoms with Crippen LogP contribution in [0.4, 0.5) is 0 Å². The van der Waals surface area contributed by atoms with E-state index in [-0.39, 0.29) is 44.2 Å². The van der Waals surface area contributed by atoms with Crippen LogP contribution >= 0.6 is 0 Å². The Bertz CT molecular complexity index is 276. The molecule has 0 unspecified atom stereocenters. The normalized spacial score (nSPS) is 10.6. The maximum absolute atomic E-state index is 10.9. The van der Waals surface area contributed by atoms with Crippen molar-refractivity contribution in [3.8, 4) is 0 Å². The second kappa shape index (κ2) is 10.8. The third kappa shape index (κ3) is 14.6. The number of ether oxygens (including phenoxy) is 1. The molecule has 0 aliphatic rings. The van der Waals surface area contributed by atoms with Crippen molar-refractivity contribution in [1.82, 2.24) is 0 Å². The van der Waals surface area contributed by atoms with Crippen LogP contribution in [0.25, 0.3) is 0 Å². The Morgan fingerprint density at radius 2 is 1.75 bits per heavy atom. The van der Waals surface area contributed by atoms with Gasteiger partial charge in [0.05, 0.1) is 0 Å². The van der Waals surface area contributed by atoms with Crippen LogP contribution in [-0.2, 0) is 19.6 Å². The summed E-state index contributed by atoms with van der Waals surface area (Å²) in [6, 6.07) is 0. The van der Waals surface area contributed by atoms with E-state index in [1.54, 1.807) is 0 Å². The summed E-state index contributed by atoms with van der Waals surface area (Å²) in [5, 5.41) is 0. The second-order valence-corrected chi connectivity index (χ2v) is 4.78. The molecule has 0 aromatic rings. The predicted octanol–water partition coefficient (Wildman–Crippen LogP) is 1.35. The molecular weight excluding hydrogens is 260 g/mol. The molecule has 2 radical (unpaired) electrons. The Labute approximate surface area is 127 Å². The van der Waals surface area contributed by atoms with E-state index in [1.165, 1.54) is 0 Å². The molecule has 0 atom stereocenters. The first-order valence-electron chi connectivity index (χ1n) is 5.06. The van der Waals surface area contributed by atoms with Crippen molar-refractivity contribution in [3.05, 3.63) is 0 Å². The topological polar surface area (TPSA) is 80.7 Å². The zero-order chi connectivity index (χ0) is 11.7. The molecule has 0 spiro atoms. The minimum atomic E-state index is -4.20. The summed E-state index contributed by atoms with van der Waals surface area (Å²) in [7, 11) is -4.20. The molecule has 5 nitrogen and oxygen atoms in total. The van der Waals surface area contributed by atoms with Crippen molar-refractivity contribution in [2.24, 2.45) is 0 Å². The van der Waals surface area contributed by atoms with Crippen molar-refractivity contribution in [1.29, 1.82) is 0 Å². The van der Waals surface area contributed by atoms with Gasteiger partial charge in [-0.25, -0.2) is 0 Å². The fourth-order valence-electron chi connectivity index (χ4n) is 1.09. The van der Waals surface area contributed by atoms with E-state index >= 15 is 0 Å². The van der Waals surface area contributed by atoms with Gasteiger partial charge in [0.15, 0.2) is 0 Å². The van der Waals surface area contributed by atoms with Crippen molar-refractivity contribution in [2.45, 2.75) is 45.4 Å². The molecule has 7 heteroatoms. The number of esters is 1. The molecule has 16 heavy (non-hydrogen) atoms. The Hall–Kier alpha value is 0.640. The number of carbonyl (C=O) groups excluding carboxylic acids is 1. The molecule has 0 bridgehead atoms. The minimum Gasteiger partial charge on any atom is -0.447 e. The van der Waals surface area contributed by atoms with Gasteiger partial charge in [0.25, 0.3) is 0 Å². The summed E-state index contributed by atoms with van der Waals surface area (Å²) in [6.07, 6.45) is 5.19. The van der Waals surface area contributed by atoms with Gasteiger partial charge in [0.2, 0.25) is 5.94 Å². The molecule has 0 saturated carbocycles. The van der Waals surface area contributed by atoms with Crippen LogP contribution in [0.1, 0.15) is 45.4 Å². The van der Waals surface area contributed by atoms with Gasteiger partial charge in [-0.3, -0.25) is 9.35 Å². The SMILES string of the molecule is CCCCCCCC(=O)OCS(=O)(=O)O.[Ca]. The molecular formula is C9H18CaO5S. The van der Waals surface area contributed by atoms with Crippen molar-refractivity contribution in [3.63, 3.8) is 0 Å². The molecule has 0 heterocycles. The predicted molar refractivity (Wildman–Crippen MR) is 61.6 cm³/mol. The minimum absolute atomic E-state index is 0. The summed E-state index contributed by atoms with van der Waals surface area (Å²) >= 11 is 0.